The lowest BCUT2D eigenvalue weighted by atomic mass is 9.70. The molecule has 0 unspecified atom stereocenters. The van der Waals surface area contributed by atoms with Crippen LogP contribution in [0.2, 0.25) is 0 Å². The fourth-order valence-electron chi connectivity index (χ4n) is 3.08. The smallest absolute Gasteiger partial charge is 0.227 e. The van der Waals surface area contributed by atoms with Crippen molar-refractivity contribution in [3.63, 3.8) is 0 Å². The zero-order valence-electron chi connectivity index (χ0n) is 13.4. The summed E-state index contributed by atoms with van der Waals surface area (Å²) < 4.78 is 0. The van der Waals surface area contributed by atoms with Gasteiger partial charge in [-0.15, -0.1) is 11.3 Å². The summed E-state index contributed by atoms with van der Waals surface area (Å²) >= 11 is 1.75. The minimum absolute atomic E-state index is 0.0262. The van der Waals surface area contributed by atoms with Crippen molar-refractivity contribution in [3.8, 4) is 0 Å². The van der Waals surface area contributed by atoms with E-state index in [9.17, 15) is 4.79 Å². The highest BCUT2D eigenvalue weighted by Crippen LogP contribution is 2.38. The molecular formula is C17H28N2OS. The lowest BCUT2D eigenvalue weighted by Gasteiger charge is -2.38. The first kappa shape index (κ1) is 16.5. The van der Waals surface area contributed by atoms with Gasteiger partial charge >= 0.3 is 0 Å². The van der Waals surface area contributed by atoms with Crippen molar-refractivity contribution in [3.05, 3.63) is 22.4 Å². The molecule has 0 atom stereocenters. The maximum Gasteiger partial charge on any atom is 0.227 e. The van der Waals surface area contributed by atoms with Crippen LogP contribution >= 0.6 is 11.3 Å². The van der Waals surface area contributed by atoms with Gasteiger partial charge in [-0.2, -0.15) is 0 Å². The topological polar surface area (TPSA) is 55.1 Å². The second kappa shape index (κ2) is 6.49. The second-order valence-corrected chi connectivity index (χ2v) is 8.16. The van der Waals surface area contributed by atoms with Crippen LogP contribution in [-0.2, 0) is 10.2 Å². The molecule has 4 heteroatoms. The van der Waals surface area contributed by atoms with Gasteiger partial charge in [-0.25, -0.2) is 0 Å². The highest BCUT2D eigenvalue weighted by atomic mass is 32.1. The van der Waals surface area contributed by atoms with Crippen molar-refractivity contribution < 1.29 is 4.79 Å². The minimum atomic E-state index is -0.335. The predicted octanol–water partition coefficient (Wildman–Crippen LogP) is 3.30. The summed E-state index contributed by atoms with van der Waals surface area (Å²) in [6.07, 6.45) is 4.07. The van der Waals surface area contributed by atoms with Crippen LogP contribution in [0.25, 0.3) is 0 Å². The first-order chi connectivity index (χ1) is 9.89. The molecule has 1 aromatic heterocycles. The predicted molar refractivity (Wildman–Crippen MR) is 89.5 cm³/mol. The Bertz CT molecular complexity index is 459. The van der Waals surface area contributed by atoms with Gasteiger partial charge in [-0.1, -0.05) is 26.8 Å². The van der Waals surface area contributed by atoms with E-state index >= 15 is 0 Å². The molecule has 1 fully saturated rings. The normalized spacial score (nSPS) is 26.6. The van der Waals surface area contributed by atoms with Crippen LogP contribution in [0.15, 0.2) is 17.5 Å². The third-order valence-electron chi connectivity index (χ3n) is 4.98. The second-order valence-electron chi connectivity index (χ2n) is 7.21. The molecule has 3 N–H and O–H groups in total. The monoisotopic (exact) mass is 308 g/mol. The molecule has 1 amide bonds. The van der Waals surface area contributed by atoms with Crippen LogP contribution in [0.3, 0.4) is 0 Å². The molecule has 0 saturated heterocycles. The SMILES string of the molecule is CC1CCC(CN)(C(=O)NCC(C)(C)c2cccs2)CC1. The van der Waals surface area contributed by atoms with E-state index in [-0.39, 0.29) is 16.7 Å². The van der Waals surface area contributed by atoms with Crippen LogP contribution in [0.5, 0.6) is 0 Å². The summed E-state index contributed by atoms with van der Waals surface area (Å²) in [5.74, 6) is 0.876. The number of thiophene rings is 1. The minimum Gasteiger partial charge on any atom is -0.355 e. The van der Waals surface area contributed by atoms with Gasteiger partial charge in [0.1, 0.15) is 0 Å². The molecule has 1 aliphatic carbocycles. The Morgan fingerprint density at radius 2 is 2.14 bits per heavy atom. The first-order valence-corrected chi connectivity index (χ1v) is 8.80. The molecule has 0 spiro atoms. The van der Waals surface area contributed by atoms with Crippen molar-refractivity contribution in [2.24, 2.45) is 17.1 Å². The standard InChI is InChI=1S/C17H28N2OS/c1-13-6-8-17(11-18,9-7-13)15(20)19-12-16(2,3)14-5-4-10-21-14/h4-5,10,13H,6-9,11-12,18H2,1-3H3,(H,19,20). The molecular weight excluding hydrogens is 280 g/mol. The molecule has 118 valence electrons. The fraction of sp³-hybridized carbons (Fsp3) is 0.706. The average Bonchev–Trinajstić information content (AvgIpc) is 3.01. The van der Waals surface area contributed by atoms with Crippen molar-refractivity contribution in [1.82, 2.24) is 5.32 Å². The van der Waals surface area contributed by atoms with Gasteiger partial charge in [0, 0.05) is 23.4 Å². The Balaban J connectivity index is 1.97. The van der Waals surface area contributed by atoms with Crippen molar-refractivity contribution in [2.75, 3.05) is 13.1 Å². The van der Waals surface area contributed by atoms with E-state index in [1.54, 1.807) is 11.3 Å². The number of amides is 1. The van der Waals surface area contributed by atoms with Crippen LogP contribution in [0.4, 0.5) is 0 Å². The van der Waals surface area contributed by atoms with E-state index in [1.165, 1.54) is 4.88 Å². The van der Waals surface area contributed by atoms with Crippen molar-refractivity contribution >= 4 is 17.2 Å². The van der Waals surface area contributed by atoms with Gasteiger partial charge in [0.25, 0.3) is 0 Å². The summed E-state index contributed by atoms with van der Waals surface area (Å²) in [6.45, 7) is 7.75. The summed E-state index contributed by atoms with van der Waals surface area (Å²) in [5, 5.41) is 5.26. The number of carbonyl (C=O) groups excluding carboxylic acids is 1. The van der Waals surface area contributed by atoms with Crippen molar-refractivity contribution in [2.45, 2.75) is 51.9 Å². The van der Waals surface area contributed by atoms with Crippen molar-refractivity contribution in [1.29, 1.82) is 0 Å². The molecule has 0 aromatic carbocycles. The van der Waals surface area contributed by atoms with Gasteiger partial charge in [0.05, 0.1) is 5.41 Å². The largest absolute Gasteiger partial charge is 0.355 e. The van der Waals surface area contributed by atoms with Crippen LogP contribution < -0.4 is 11.1 Å². The van der Waals surface area contributed by atoms with E-state index in [1.807, 2.05) is 0 Å². The summed E-state index contributed by atoms with van der Waals surface area (Å²) in [6, 6.07) is 4.20. The summed E-state index contributed by atoms with van der Waals surface area (Å²) in [5.41, 5.74) is 5.60. The van der Waals surface area contributed by atoms with Crippen LogP contribution in [0.1, 0.15) is 51.3 Å². The quantitative estimate of drug-likeness (QED) is 0.877. The number of carbonyl (C=O) groups is 1. The average molecular weight is 308 g/mol. The summed E-state index contributed by atoms with van der Waals surface area (Å²) in [7, 11) is 0. The Labute approximate surface area is 132 Å². The van der Waals surface area contributed by atoms with Crippen LogP contribution in [0, 0.1) is 11.3 Å². The first-order valence-electron chi connectivity index (χ1n) is 7.92. The lowest BCUT2D eigenvalue weighted by molar-refractivity contribution is -0.133. The van der Waals surface area contributed by atoms with Gasteiger partial charge in [-0.3, -0.25) is 4.79 Å². The number of rotatable bonds is 5. The molecule has 3 nitrogen and oxygen atoms in total. The molecule has 0 radical (unpaired) electrons. The van der Waals surface area contributed by atoms with E-state index in [0.717, 1.165) is 31.6 Å². The van der Waals surface area contributed by atoms with E-state index in [2.05, 4.69) is 43.6 Å². The third kappa shape index (κ3) is 3.67. The number of nitrogens with one attached hydrogen (secondary N) is 1. The maximum atomic E-state index is 12.7. The van der Waals surface area contributed by atoms with E-state index in [4.69, 9.17) is 5.73 Å². The highest BCUT2D eigenvalue weighted by molar-refractivity contribution is 7.10. The molecule has 0 aliphatic heterocycles. The molecule has 21 heavy (non-hydrogen) atoms. The molecule has 0 bridgehead atoms. The molecule has 2 rings (SSSR count). The summed E-state index contributed by atoms with van der Waals surface area (Å²) in [4.78, 5) is 14.0. The van der Waals surface area contributed by atoms with Gasteiger partial charge in [0.15, 0.2) is 0 Å². The van der Waals surface area contributed by atoms with Gasteiger partial charge in [0.2, 0.25) is 5.91 Å². The lowest BCUT2D eigenvalue weighted by Crippen LogP contribution is -2.50. The Morgan fingerprint density at radius 3 is 2.67 bits per heavy atom. The Morgan fingerprint density at radius 1 is 1.48 bits per heavy atom. The maximum absolute atomic E-state index is 12.7. The number of hydrogen-bond donors (Lipinski definition) is 2. The van der Waals surface area contributed by atoms with E-state index < -0.39 is 0 Å². The number of nitrogens with two attached hydrogens (primary N) is 1. The molecule has 1 aromatic rings. The Kier molecular flexibility index (Phi) is 5.10. The molecule has 1 saturated carbocycles. The highest BCUT2D eigenvalue weighted by Gasteiger charge is 2.40. The number of hydrogen-bond acceptors (Lipinski definition) is 3. The Hall–Kier alpha value is -0.870. The van der Waals surface area contributed by atoms with Gasteiger partial charge < -0.3 is 11.1 Å². The van der Waals surface area contributed by atoms with E-state index in [0.29, 0.717) is 13.1 Å². The molecule has 1 heterocycles. The van der Waals surface area contributed by atoms with Gasteiger partial charge in [-0.05, 0) is 43.0 Å². The fourth-order valence-corrected chi connectivity index (χ4v) is 3.93. The molecule has 1 aliphatic rings. The van der Waals surface area contributed by atoms with Crippen LogP contribution in [-0.4, -0.2) is 19.0 Å². The zero-order valence-corrected chi connectivity index (χ0v) is 14.3. The zero-order chi connectivity index (χ0) is 15.5. The third-order valence-corrected chi connectivity index (χ3v) is 6.22.